The van der Waals surface area contributed by atoms with Crippen molar-refractivity contribution < 1.29 is 9.90 Å². The standard InChI is InChI=1S/C17H30N4O2/c1-4-10-21-12-9-18-15(21)13-20-11-5-7-17(23,14-20)8-6-16(22)19(2)3/h9,12,23H,4-8,10-11,13-14H2,1-3H3/t17-/m1/s1. The summed E-state index contributed by atoms with van der Waals surface area (Å²) in [6, 6.07) is 0. The van der Waals surface area contributed by atoms with Crippen molar-refractivity contribution in [2.75, 3.05) is 27.2 Å². The van der Waals surface area contributed by atoms with E-state index in [-0.39, 0.29) is 5.91 Å². The van der Waals surface area contributed by atoms with Gasteiger partial charge in [-0.1, -0.05) is 6.92 Å². The molecule has 1 saturated heterocycles. The number of carbonyl (C=O) groups excluding carboxylic acids is 1. The number of aliphatic hydroxyl groups is 1. The number of amides is 1. The van der Waals surface area contributed by atoms with Gasteiger partial charge in [-0.2, -0.15) is 0 Å². The summed E-state index contributed by atoms with van der Waals surface area (Å²) in [4.78, 5) is 20.1. The molecule has 1 amide bonds. The van der Waals surface area contributed by atoms with Crippen LogP contribution in [0.4, 0.5) is 0 Å². The molecule has 0 bridgehead atoms. The third-order valence-electron chi connectivity index (χ3n) is 4.57. The summed E-state index contributed by atoms with van der Waals surface area (Å²) in [5, 5.41) is 10.8. The molecular weight excluding hydrogens is 292 g/mol. The number of β-amino-alcohol motifs (C(OH)–C–C–N with tert-alkyl or cyclic N) is 1. The molecule has 1 N–H and O–H groups in total. The highest BCUT2D eigenvalue weighted by Crippen LogP contribution is 2.27. The molecule has 0 unspecified atom stereocenters. The molecule has 0 spiro atoms. The summed E-state index contributed by atoms with van der Waals surface area (Å²) in [5.74, 6) is 1.13. The second-order valence-corrected chi connectivity index (χ2v) is 6.86. The molecule has 1 atom stereocenters. The Balaban J connectivity index is 1.91. The van der Waals surface area contributed by atoms with Crippen LogP contribution in [0.25, 0.3) is 0 Å². The zero-order valence-electron chi connectivity index (χ0n) is 14.7. The second kappa shape index (κ2) is 7.93. The first-order chi connectivity index (χ1) is 10.9. The topological polar surface area (TPSA) is 61.6 Å². The Morgan fingerprint density at radius 2 is 2.26 bits per heavy atom. The summed E-state index contributed by atoms with van der Waals surface area (Å²) in [6.45, 7) is 5.49. The normalized spacial score (nSPS) is 22.3. The lowest BCUT2D eigenvalue weighted by molar-refractivity contribution is -0.131. The highest BCUT2D eigenvalue weighted by Gasteiger charge is 2.34. The van der Waals surface area contributed by atoms with Crippen LogP contribution < -0.4 is 0 Å². The number of hydrogen-bond donors (Lipinski definition) is 1. The van der Waals surface area contributed by atoms with Crippen LogP contribution in [-0.2, 0) is 17.9 Å². The van der Waals surface area contributed by atoms with Gasteiger partial charge in [0.15, 0.2) is 0 Å². The van der Waals surface area contributed by atoms with Crippen molar-refractivity contribution in [3.63, 3.8) is 0 Å². The third-order valence-corrected chi connectivity index (χ3v) is 4.57. The van der Waals surface area contributed by atoms with Crippen molar-refractivity contribution in [2.45, 2.75) is 57.7 Å². The molecule has 0 saturated carbocycles. The lowest BCUT2D eigenvalue weighted by Gasteiger charge is -2.39. The molecule has 0 aliphatic carbocycles. The van der Waals surface area contributed by atoms with Crippen LogP contribution >= 0.6 is 0 Å². The fourth-order valence-electron chi connectivity index (χ4n) is 3.24. The van der Waals surface area contributed by atoms with Crippen molar-refractivity contribution >= 4 is 5.91 Å². The highest BCUT2D eigenvalue weighted by molar-refractivity contribution is 5.75. The maximum absolute atomic E-state index is 11.8. The predicted molar refractivity (Wildman–Crippen MR) is 89.9 cm³/mol. The van der Waals surface area contributed by atoms with Gasteiger partial charge in [0.25, 0.3) is 0 Å². The van der Waals surface area contributed by atoms with Crippen LogP contribution in [-0.4, -0.2) is 63.2 Å². The molecule has 0 radical (unpaired) electrons. The van der Waals surface area contributed by atoms with Crippen LogP contribution in [0.1, 0.15) is 44.9 Å². The number of hydrogen-bond acceptors (Lipinski definition) is 4. The number of aryl methyl sites for hydroxylation is 1. The molecule has 0 aromatic carbocycles. The van der Waals surface area contributed by atoms with Gasteiger partial charge in [0, 0.05) is 46.0 Å². The van der Waals surface area contributed by atoms with Gasteiger partial charge < -0.3 is 14.6 Å². The van der Waals surface area contributed by atoms with Crippen molar-refractivity contribution in [2.24, 2.45) is 0 Å². The Hall–Kier alpha value is -1.40. The Morgan fingerprint density at radius 1 is 1.48 bits per heavy atom. The number of piperidine rings is 1. The van der Waals surface area contributed by atoms with Crippen molar-refractivity contribution in [3.05, 3.63) is 18.2 Å². The molecule has 130 valence electrons. The lowest BCUT2D eigenvalue weighted by Crippen LogP contribution is -2.48. The Labute approximate surface area is 139 Å². The predicted octanol–water partition coefficient (Wildman–Crippen LogP) is 1.49. The van der Waals surface area contributed by atoms with E-state index in [1.807, 2.05) is 12.4 Å². The second-order valence-electron chi connectivity index (χ2n) is 6.86. The molecule has 1 fully saturated rings. The molecule has 23 heavy (non-hydrogen) atoms. The summed E-state index contributed by atoms with van der Waals surface area (Å²) in [7, 11) is 3.51. The van der Waals surface area contributed by atoms with Crippen LogP contribution in [0, 0.1) is 0 Å². The largest absolute Gasteiger partial charge is 0.389 e. The van der Waals surface area contributed by atoms with Crippen molar-refractivity contribution in [1.29, 1.82) is 0 Å². The van der Waals surface area contributed by atoms with Crippen LogP contribution in [0.3, 0.4) is 0 Å². The van der Waals surface area contributed by atoms with E-state index in [1.54, 1.807) is 19.0 Å². The fourth-order valence-corrected chi connectivity index (χ4v) is 3.24. The average molecular weight is 322 g/mol. The van der Waals surface area contributed by atoms with Gasteiger partial charge in [-0.3, -0.25) is 9.69 Å². The van der Waals surface area contributed by atoms with Crippen LogP contribution in [0.2, 0.25) is 0 Å². The number of carbonyl (C=O) groups is 1. The van der Waals surface area contributed by atoms with Gasteiger partial charge in [-0.25, -0.2) is 4.98 Å². The number of aromatic nitrogens is 2. The van der Waals surface area contributed by atoms with Crippen molar-refractivity contribution in [3.8, 4) is 0 Å². The minimum Gasteiger partial charge on any atom is -0.389 e. The molecule has 1 aliphatic rings. The van der Waals surface area contributed by atoms with Crippen LogP contribution in [0.15, 0.2) is 12.4 Å². The molecule has 6 heteroatoms. The lowest BCUT2D eigenvalue weighted by atomic mass is 9.88. The molecule has 6 nitrogen and oxygen atoms in total. The quantitative estimate of drug-likeness (QED) is 0.826. The van der Waals surface area contributed by atoms with E-state index in [4.69, 9.17) is 0 Å². The first kappa shape index (κ1) is 17.9. The van der Waals surface area contributed by atoms with E-state index in [0.29, 0.717) is 19.4 Å². The van der Waals surface area contributed by atoms with E-state index in [9.17, 15) is 9.90 Å². The van der Waals surface area contributed by atoms with Crippen molar-refractivity contribution in [1.82, 2.24) is 19.4 Å². The molecule has 1 aromatic heterocycles. The zero-order valence-corrected chi connectivity index (χ0v) is 14.7. The number of imidazole rings is 1. The minimum absolute atomic E-state index is 0.0778. The van der Waals surface area contributed by atoms with E-state index in [1.165, 1.54) is 0 Å². The fraction of sp³-hybridized carbons (Fsp3) is 0.765. The van der Waals surface area contributed by atoms with Gasteiger partial charge in [0.05, 0.1) is 12.1 Å². The third kappa shape index (κ3) is 5.04. The first-order valence-electron chi connectivity index (χ1n) is 8.58. The first-order valence-corrected chi connectivity index (χ1v) is 8.58. The number of nitrogens with zero attached hydrogens (tertiary/aromatic N) is 4. The van der Waals surface area contributed by atoms with E-state index in [2.05, 4.69) is 21.4 Å². The molecular formula is C17H30N4O2. The maximum atomic E-state index is 11.8. The Kier molecular flexibility index (Phi) is 6.18. The highest BCUT2D eigenvalue weighted by atomic mass is 16.3. The Bertz CT molecular complexity index is 514. The Morgan fingerprint density at radius 3 is 2.96 bits per heavy atom. The van der Waals surface area contributed by atoms with Crippen LogP contribution in [0.5, 0.6) is 0 Å². The summed E-state index contributed by atoms with van der Waals surface area (Å²) in [5.41, 5.74) is -0.758. The number of likely N-dealkylation sites (tertiary alicyclic amines) is 1. The minimum atomic E-state index is -0.758. The van der Waals surface area contributed by atoms with Gasteiger partial charge in [-0.05, 0) is 32.2 Å². The monoisotopic (exact) mass is 322 g/mol. The molecule has 2 rings (SSSR count). The van der Waals surface area contributed by atoms with Gasteiger partial charge >= 0.3 is 0 Å². The van der Waals surface area contributed by atoms with Gasteiger partial charge in [0.2, 0.25) is 5.91 Å². The molecule has 1 aromatic rings. The van der Waals surface area contributed by atoms with E-state index >= 15 is 0 Å². The summed E-state index contributed by atoms with van der Waals surface area (Å²) < 4.78 is 2.18. The smallest absolute Gasteiger partial charge is 0.222 e. The van der Waals surface area contributed by atoms with Gasteiger partial charge in [0.1, 0.15) is 5.82 Å². The van der Waals surface area contributed by atoms with E-state index < -0.39 is 5.60 Å². The molecule has 2 heterocycles. The average Bonchev–Trinajstić information content (AvgIpc) is 2.92. The van der Waals surface area contributed by atoms with E-state index in [0.717, 1.165) is 44.7 Å². The maximum Gasteiger partial charge on any atom is 0.222 e. The summed E-state index contributed by atoms with van der Waals surface area (Å²) in [6.07, 6.45) is 7.61. The van der Waals surface area contributed by atoms with Gasteiger partial charge in [-0.15, -0.1) is 0 Å². The zero-order chi connectivity index (χ0) is 16.9. The summed E-state index contributed by atoms with van der Waals surface area (Å²) >= 11 is 0. The SMILES string of the molecule is CCCn1ccnc1CN1CCC[C@@](O)(CCC(=O)N(C)C)C1. The molecule has 1 aliphatic heterocycles. The number of rotatable bonds is 7.